The van der Waals surface area contributed by atoms with Crippen LogP contribution in [0, 0.1) is 4.77 Å². The summed E-state index contributed by atoms with van der Waals surface area (Å²) in [5.74, 6) is 1.46. The number of pyridine rings is 1. The van der Waals surface area contributed by atoms with E-state index in [4.69, 9.17) is 17.0 Å². The summed E-state index contributed by atoms with van der Waals surface area (Å²) in [6, 6.07) is 17.9. The number of aromatic nitrogens is 4. The molecule has 2 aromatic heterocycles. The Hall–Kier alpha value is -2.49. The molecule has 2 aromatic carbocycles. The van der Waals surface area contributed by atoms with Gasteiger partial charge in [-0.2, -0.15) is 5.10 Å². The number of hydrogen-bond acceptors (Lipinski definition) is 5. The molecule has 152 valence electrons. The minimum absolute atomic E-state index is 0.489. The van der Waals surface area contributed by atoms with Crippen LogP contribution in [0.2, 0.25) is 0 Å². The van der Waals surface area contributed by atoms with Gasteiger partial charge in [0, 0.05) is 18.0 Å². The van der Waals surface area contributed by atoms with E-state index in [2.05, 4.69) is 52.5 Å². The van der Waals surface area contributed by atoms with Gasteiger partial charge in [0.05, 0.1) is 15.5 Å². The van der Waals surface area contributed by atoms with Crippen molar-refractivity contribution in [3.63, 3.8) is 0 Å². The Morgan fingerprint density at radius 3 is 2.40 bits per heavy atom. The van der Waals surface area contributed by atoms with E-state index in [1.165, 1.54) is 0 Å². The Bertz CT molecular complexity index is 1170. The second kappa shape index (κ2) is 9.55. The Morgan fingerprint density at radius 2 is 1.70 bits per heavy atom. The van der Waals surface area contributed by atoms with Crippen LogP contribution in [-0.4, -0.2) is 19.9 Å². The second-order valence-electron chi connectivity index (χ2n) is 6.42. The molecule has 0 aliphatic carbocycles. The lowest BCUT2D eigenvalue weighted by atomic mass is 10.2. The highest BCUT2D eigenvalue weighted by molar-refractivity contribution is 9.11. The molecule has 0 radical (unpaired) electrons. The average molecular weight is 547 g/mol. The van der Waals surface area contributed by atoms with Crippen molar-refractivity contribution in [3.8, 4) is 17.1 Å². The zero-order chi connectivity index (χ0) is 20.9. The first-order valence-corrected chi connectivity index (χ1v) is 11.1. The van der Waals surface area contributed by atoms with Gasteiger partial charge in [-0.3, -0.25) is 4.98 Å². The topological polar surface area (TPSA) is 67.8 Å². The van der Waals surface area contributed by atoms with E-state index in [0.717, 1.165) is 31.4 Å². The first-order valence-electron chi connectivity index (χ1n) is 9.08. The Kier molecular flexibility index (Phi) is 6.61. The fourth-order valence-electron chi connectivity index (χ4n) is 2.89. The van der Waals surface area contributed by atoms with Crippen molar-refractivity contribution >= 4 is 44.1 Å². The number of aromatic amines is 1. The van der Waals surface area contributed by atoms with Crippen LogP contribution < -0.4 is 10.2 Å². The van der Waals surface area contributed by atoms with E-state index in [1.54, 1.807) is 17.1 Å². The summed E-state index contributed by atoms with van der Waals surface area (Å²) in [6.45, 7) is 1.04. The minimum Gasteiger partial charge on any atom is -0.487 e. The van der Waals surface area contributed by atoms with Crippen LogP contribution in [0.3, 0.4) is 0 Å². The number of benzene rings is 2. The Morgan fingerprint density at radius 1 is 1.00 bits per heavy atom. The predicted molar refractivity (Wildman–Crippen MR) is 126 cm³/mol. The van der Waals surface area contributed by atoms with Crippen molar-refractivity contribution in [2.75, 3.05) is 5.43 Å². The molecule has 0 atom stereocenters. The summed E-state index contributed by atoms with van der Waals surface area (Å²) in [5.41, 5.74) is 6.39. The minimum atomic E-state index is 0.489. The fourth-order valence-corrected chi connectivity index (χ4v) is 4.60. The molecule has 0 fully saturated rings. The summed E-state index contributed by atoms with van der Waals surface area (Å²) >= 11 is 12.6. The molecule has 4 aromatic rings. The number of hydrogen-bond donors (Lipinski definition) is 2. The maximum Gasteiger partial charge on any atom is 0.214 e. The molecular weight excluding hydrogens is 530 g/mol. The molecule has 2 N–H and O–H groups in total. The van der Waals surface area contributed by atoms with Crippen LogP contribution in [0.25, 0.3) is 11.4 Å². The molecule has 0 saturated carbocycles. The lowest BCUT2D eigenvalue weighted by Gasteiger charge is -2.14. The molecule has 4 rings (SSSR count). The van der Waals surface area contributed by atoms with E-state index in [9.17, 15) is 0 Å². The van der Waals surface area contributed by atoms with Crippen LogP contribution in [0.4, 0.5) is 0 Å². The average Bonchev–Trinajstić information content (AvgIpc) is 3.13. The van der Waals surface area contributed by atoms with Gasteiger partial charge >= 0.3 is 0 Å². The lowest BCUT2D eigenvalue weighted by molar-refractivity contribution is 0.302. The van der Waals surface area contributed by atoms with Gasteiger partial charge < -0.3 is 10.2 Å². The SMILES string of the molecule is S=c1[nH]nc(-c2ccncc2)n1NCc1cc(Br)c(OCc2ccccc2)c(Br)c1. The maximum absolute atomic E-state index is 6.00. The highest BCUT2D eigenvalue weighted by Gasteiger charge is 2.12. The standard InChI is InChI=1S/C21H17Br2N5OS/c22-17-10-15(11-18(23)19(17)29-13-14-4-2-1-3-5-14)12-25-28-20(26-27-21(28)30)16-6-8-24-9-7-16/h1-11,25H,12-13H2,(H,27,30). The number of H-pyrrole nitrogens is 1. The zero-order valence-electron chi connectivity index (χ0n) is 15.7. The molecule has 2 heterocycles. The van der Waals surface area contributed by atoms with Crippen molar-refractivity contribution in [1.29, 1.82) is 0 Å². The molecule has 9 heteroatoms. The highest BCUT2D eigenvalue weighted by Crippen LogP contribution is 2.35. The van der Waals surface area contributed by atoms with Crippen LogP contribution in [0.15, 0.2) is 75.9 Å². The molecule has 6 nitrogen and oxygen atoms in total. The van der Waals surface area contributed by atoms with E-state index in [-0.39, 0.29) is 0 Å². The largest absolute Gasteiger partial charge is 0.487 e. The van der Waals surface area contributed by atoms with Crippen molar-refractivity contribution in [2.24, 2.45) is 0 Å². The Labute approximate surface area is 195 Å². The number of rotatable bonds is 7. The van der Waals surface area contributed by atoms with Gasteiger partial charge in [0.2, 0.25) is 4.77 Å². The molecule has 0 amide bonds. The highest BCUT2D eigenvalue weighted by atomic mass is 79.9. The van der Waals surface area contributed by atoms with Crippen LogP contribution >= 0.6 is 44.1 Å². The Balaban J connectivity index is 1.49. The van der Waals surface area contributed by atoms with E-state index in [0.29, 0.717) is 23.7 Å². The molecule has 0 bridgehead atoms. The first kappa shape index (κ1) is 20.8. The van der Waals surface area contributed by atoms with Gasteiger partial charge in [-0.05, 0) is 79.5 Å². The molecular formula is C21H17Br2N5OS. The van der Waals surface area contributed by atoms with Gasteiger partial charge in [0.25, 0.3) is 0 Å². The van der Waals surface area contributed by atoms with Crippen molar-refractivity contribution in [2.45, 2.75) is 13.2 Å². The molecule has 0 aliphatic heterocycles. The number of ether oxygens (including phenoxy) is 1. The van der Waals surface area contributed by atoms with Crippen LogP contribution in [-0.2, 0) is 13.2 Å². The summed E-state index contributed by atoms with van der Waals surface area (Å²) in [7, 11) is 0. The third kappa shape index (κ3) is 4.80. The summed E-state index contributed by atoms with van der Waals surface area (Å²) in [4.78, 5) is 4.05. The lowest BCUT2D eigenvalue weighted by Crippen LogP contribution is -2.16. The number of halogens is 2. The molecule has 0 spiro atoms. The van der Waals surface area contributed by atoms with E-state index < -0.39 is 0 Å². The summed E-state index contributed by atoms with van der Waals surface area (Å²) < 4.78 is 9.98. The molecule has 0 aliphatic rings. The number of nitrogens with zero attached hydrogens (tertiary/aromatic N) is 3. The van der Waals surface area contributed by atoms with E-state index >= 15 is 0 Å². The van der Waals surface area contributed by atoms with Crippen LogP contribution in [0.1, 0.15) is 11.1 Å². The predicted octanol–water partition coefficient (Wildman–Crippen LogP) is 5.85. The number of nitrogens with one attached hydrogen (secondary N) is 2. The van der Waals surface area contributed by atoms with Gasteiger partial charge in [0.15, 0.2) is 5.82 Å². The van der Waals surface area contributed by atoms with Crippen molar-refractivity contribution in [3.05, 3.63) is 91.8 Å². The van der Waals surface area contributed by atoms with Gasteiger partial charge in [-0.25, -0.2) is 9.77 Å². The smallest absolute Gasteiger partial charge is 0.214 e. The summed E-state index contributed by atoms with van der Waals surface area (Å²) in [6.07, 6.45) is 3.44. The zero-order valence-corrected chi connectivity index (χ0v) is 19.7. The normalized spacial score (nSPS) is 10.7. The van der Waals surface area contributed by atoms with E-state index in [1.807, 2.05) is 54.6 Å². The van der Waals surface area contributed by atoms with Gasteiger partial charge in [-0.15, -0.1) is 0 Å². The molecule has 0 saturated heterocycles. The second-order valence-corrected chi connectivity index (χ2v) is 8.52. The summed E-state index contributed by atoms with van der Waals surface area (Å²) in [5, 5.41) is 7.15. The maximum atomic E-state index is 6.00. The molecule has 30 heavy (non-hydrogen) atoms. The molecule has 0 unspecified atom stereocenters. The van der Waals surface area contributed by atoms with Crippen LogP contribution in [0.5, 0.6) is 5.75 Å². The third-order valence-corrected chi connectivity index (χ3v) is 5.79. The fraction of sp³-hybridized carbons (Fsp3) is 0.0952. The van der Waals surface area contributed by atoms with Crippen molar-refractivity contribution in [1.82, 2.24) is 19.9 Å². The third-order valence-electron chi connectivity index (χ3n) is 4.34. The van der Waals surface area contributed by atoms with Gasteiger partial charge in [0.1, 0.15) is 12.4 Å². The van der Waals surface area contributed by atoms with Crippen molar-refractivity contribution < 1.29 is 4.74 Å². The first-order chi connectivity index (χ1) is 14.6. The van der Waals surface area contributed by atoms with Gasteiger partial charge in [-0.1, -0.05) is 30.3 Å². The quantitative estimate of drug-likeness (QED) is 0.284. The monoisotopic (exact) mass is 545 g/mol.